The standard InChI is InChI=1S/C18H18O4S/c1-21-16-9-8-14(11-19)10-15(16)17(23-2)18(20)22-12-13-6-4-3-5-7-13/h3-11,17H,12H2,1-2H3. The van der Waals surface area contributed by atoms with E-state index in [9.17, 15) is 9.59 Å². The third-order valence-corrected chi connectivity index (χ3v) is 4.26. The zero-order valence-electron chi connectivity index (χ0n) is 13.0. The van der Waals surface area contributed by atoms with E-state index in [0.717, 1.165) is 11.8 Å². The van der Waals surface area contributed by atoms with Crippen molar-refractivity contribution in [2.45, 2.75) is 11.9 Å². The van der Waals surface area contributed by atoms with Crippen LogP contribution in [0.25, 0.3) is 0 Å². The first kappa shape index (κ1) is 17.1. The summed E-state index contributed by atoms with van der Waals surface area (Å²) >= 11 is 1.34. The molecule has 0 aliphatic heterocycles. The van der Waals surface area contributed by atoms with Gasteiger partial charge in [-0.15, -0.1) is 11.8 Å². The van der Waals surface area contributed by atoms with Crippen molar-refractivity contribution in [3.05, 3.63) is 65.2 Å². The maximum absolute atomic E-state index is 12.4. The van der Waals surface area contributed by atoms with Crippen LogP contribution >= 0.6 is 11.8 Å². The van der Waals surface area contributed by atoms with Gasteiger partial charge < -0.3 is 9.47 Å². The lowest BCUT2D eigenvalue weighted by atomic mass is 10.1. The largest absolute Gasteiger partial charge is 0.496 e. The average molecular weight is 330 g/mol. The van der Waals surface area contributed by atoms with Gasteiger partial charge in [-0.05, 0) is 30.0 Å². The fraction of sp³-hybridized carbons (Fsp3) is 0.222. The molecular weight excluding hydrogens is 312 g/mol. The molecule has 120 valence electrons. The molecule has 4 nitrogen and oxygen atoms in total. The third kappa shape index (κ3) is 4.36. The van der Waals surface area contributed by atoms with Gasteiger partial charge in [0.25, 0.3) is 0 Å². The fourth-order valence-electron chi connectivity index (χ4n) is 2.19. The van der Waals surface area contributed by atoms with E-state index in [-0.39, 0.29) is 12.6 Å². The van der Waals surface area contributed by atoms with Gasteiger partial charge in [0.15, 0.2) is 0 Å². The van der Waals surface area contributed by atoms with Crippen LogP contribution in [-0.4, -0.2) is 25.6 Å². The summed E-state index contributed by atoms with van der Waals surface area (Å²) in [6.45, 7) is 0.215. The molecule has 0 fully saturated rings. The van der Waals surface area contributed by atoms with Crippen molar-refractivity contribution in [1.82, 2.24) is 0 Å². The second kappa shape index (κ2) is 8.39. The maximum atomic E-state index is 12.4. The molecule has 0 N–H and O–H groups in total. The van der Waals surface area contributed by atoms with Crippen LogP contribution in [0.3, 0.4) is 0 Å². The van der Waals surface area contributed by atoms with Crippen molar-refractivity contribution in [3.8, 4) is 5.75 Å². The van der Waals surface area contributed by atoms with E-state index in [4.69, 9.17) is 9.47 Å². The second-order valence-electron chi connectivity index (χ2n) is 4.83. The lowest BCUT2D eigenvalue weighted by Gasteiger charge is -2.17. The van der Waals surface area contributed by atoms with Gasteiger partial charge in [-0.2, -0.15) is 0 Å². The Bertz CT molecular complexity index is 670. The summed E-state index contributed by atoms with van der Waals surface area (Å²) in [5, 5.41) is -0.548. The van der Waals surface area contributed by atoms with E-state index in [1.165, 1.54) is 18.9 Å². The number of benzene rings is 2. The van der Waals surface area contributed by atoms with Crippen LogP contribution < -0.4 is 4.74 Å². The zero-order valence-corrected chi connectivity index (χ0v) is 13.8. The summed E-state index contributed by atoms with van der Waals surface area (Å²) in [6, 6.07) is 14.5. The minimum atomic E-state index is -0.548. The summed E-state index contributed by atoms with van der Waals surface area (Å²) < 4.78 is 10.7. The van der Waals surface area contributed by atoms with Gasteiger partial charge in [-0.3, -0.25) is 9.59 Å². The molecule has 0 radical (unpaired) electrons. The topological polar surface area (TPSA) is 52.6 Å². The number of hydrogen-bond acceptors (Lipinski definition) is 5. The van der Waals surface area contributed by atoms with Crippen molar-refractivity contribution >= 4 is 24.0 Å². The predicted molar refractivity (Wildman–Crippen MR) is 90.9 cm³/mol. The molecule has 5 heteroatoms. The predicted octanol–water partition coefficient (Wildman–Crippen LogP) is 3.66. The van der Waals surface area contributed by atoms with Gasteiger partial charge in [-0.25, -0.2) is 0 Å². The Hall–Kier alpha value is -2.27. The highest BCUT2D eigenvalue weighted by Crippen LogP contribution is 2.35. The maximum Gasteiger partial charge on any atom is 0.324 e. The first-order valence-electron chi connectivity index (χ1n) is 7.06. The molecule has 0 aliphatic rings. The number of esters is 1. The molecule has 0 heterocycles. The quantitative estimate of drug-likeness (QED) is 0.573. The smallest absolute Gasteiger partial charge is 0.324 e. The lowest BCUT2D eigenvalue weighted by Crippen LogP contribution is -2.14. The average Bonchev–Trinajstić information content (AvgIpc) is 2.61. The monoisotopic (exact) mass is 330 g/mol. The van der Waals surface area contributed by atoms with Crippen LogP contribution in [0.1, 0.15) is 26.7 Å². The molecule has 0 aromatic heterocycles. The van der Waals surface area contributed by atoms with Crippen LogP contribution in [0.5, 0.6) is 5.75 Å². The molecule has 0 amide bonds. The van der Waals surface area contributed by atoms with E-state index in [0.29, 0.717) is 16.9 Å². The van der Waals surface area contributed by atoms with E-state index in [1.807, 2.05) is 36.6 Å². The Morgan fingerprint density at radius 2 is 1.96 bits per heavy atom. The van der Waals surface area contributed by atoms with Gasteiger partial charge in [0.1, 0.15) is 23.9 Å². The first-order valence-corrected chi connectivity index (χ1v) is 8.35. The van der Waals surface area contributed by atoms with E-state index < -0.39 is 5.25 Å². The highest BCUT2D eigenvalue weighted by molar-refractivity contribution is 7.99. The minimum absolute atomic E-state index is 0.215. The number of rotatable bonds is 7. The first-order chi connectivity index (χ1) is 11.2. The number of aldehydes is 1. The Morgan fingerprint density at radius 1 is 1.22 bits per heavy atom. The van der Waals surface area contributed by atoms with Gasteiger partial charge >= 0.3 is 5.97 Å². The second-order valence-corrected chi connectivity index (χ2v) is 5.77. The molecule has 0 saturated heterocycles. The number of thioether (sulfide) groups is 1. The van der Waals surface area contributed by atoms with Crippen molar-refractivity contribution in [3.63, 3.8) is 0 Å². The number of ether oxygens (including phenoxy) is 2. The Kier molecular flexibility index (Phi) is 6.23. The van der Waals surface area contributed by atoms with E-state index in [1.54, 1.807) is 18.2 Å². The van der Waals surface area contributed by atoms with Gasteiger partial charge in [-0.1, -0.05) is 30.3 Å². The normalized spacial score (nSPS) is 11.6. The lowest BCUT2D eigenvalue weighted by molar-refractivity contribution is -0.144. The van der Waals surface area contributed by atoms with Crippen LogP contribution in [0.15, 0.2) is 48.5 Å². The molecule has 2 aromatic rings. The van der Waals surface area contributed by atoms with E-state index in [2.05, 4.69) is 0 Å². The van der Waals surface area contributed by atoms with Crippen LogP contribution in [0.4, 0.5) is 0 Å². The Morgan fingerprint density at radius 3 is 2.57 bits per heavy atom. The molecule has 0 bridgehead atoms. The number of methoxy groups -OCH3 is 1. The van der Waals surface area contributed by atoms with Crippen molar-refractivity contribution in [1.29, 1.82) is 0 Å². The van der Waals surface area contributed by atoms with Gasteiger partial charge in [0.2, 0.25) is 0 Å². The highest BCUT2D eigenvalue weighted by atomic mass is 32.2. The Labute approximate surface area is 139 Å². The minimum Gasteiger partial charge on any atom is -0.496 e. The number of carbonyl (C=O) groups is 2. The molecule has 23 heavy (non-hydrogen) atoms. The number of hydrogen-bond donors (Lipinski definition) is 0. The van der Waals surface area contributed by atoms with Gasteiger partial charge in [0, 0.05) is 11.1 Å². The number of carbonyl (C=O) groups excluding carboxylic acids is 2. The Balaban J connectivity index is 2.18. The van der Waals surface area contributed by atoms with Crippen molar-refractivity contribution < 1.29 is 19.1 Å². The fourth-order valence-corrected chi connectivity index (χ4v) is 2.88. The summed E-state index contributed by atoms with van der Waals surface area (Å²) in [5.74, 6) is 0.203. The summed E-state index contributed by atoms with van der Waals surface area (Å²) in [6.07, 6.45) is 2.57. The summed E-state index contributed by atoms with van der Waals surface area (Å²) in [7, 11) is 1.53. The molecular formula is C18H18O4S. The molecule has 0 aliphatic carbocycles. The molecule has 1 unspecified atom stereocenters. The summed E-state index contributed by atoms with van der Waals surface area (Å²) in [4.78, 5) is 23.4. The molecule has 2 rings (SSSR count). The van der Waals surface area contributed by atoms with Gasteiger partial charge in [0.05, 0.1) is 7.11 Å². The van der Waals surface area contributed by atoms with E-state index >= 15 is 0 Å². The molecule has 2 aromatic carbocycles. The van der Waals surface area contributed by atoms with Crippen LogP contribution in [-0.2, 0) is 16.1 Å². The third-order valence-electron chi connectivity index (χ3n) is 3.35. The SMILES string of the molecule is COc1ccc(C=O)cc1C(SC)C(=O)OCc1ccccc1. The zero-order chi connectivity index (χ0) is 16.7. The molecule has 0 spiro atoms. The molecule has 1 atom stereocenters. The molecule has 0 saturated carbocycles. The van der Waals surface area contributed by atoms with Crippen LogP contribution in [0.2, 0.25) is 0 Å². The van der Waals surface area contributed by atoms with Crippen molar-refractivity contribution in [2.75, 3.05) is 13.4 Å². The highest BCUT2D eigenvalue weighted by Gasteiger charge is 2.25. The summed E-state index contributed by atoms with van der Waals surface area (Å²) in [5.41, 5.74) is 2.06. The van der Waals surface area contributed by atoms with Crippen molar-refractivity contribution in [2.24, 2.45) is 0 Å². The van der Waals surface area contributed by atoms with Crippen LogP contribution in [0, 0.1) is 0 Å².